The average Bonchev–Trinajstić information content (AvgIpc) is 2.89. The summed E-state index contributed by atoms with van der Waals surface area (Å²) >= 11 is 1.22. The molecule has 0 spiro atoms. The van der Waals surface area contributed by atoms with E-state index in [4.69, 9.17) is 5.73 Å². The third-order valence-corrected chi connectivity index (χ3v) is 4.23. The summed E-state index contributed by atoms with van der Waals surface area (Å²) in [4.78, 5) is 16.7. The normalized spacial score (nSPS) is 11.1. The Morgan fingerprint density at radius 2 is 1.96 bits per heavy atom. The van der Waals surface area contributed by atoms with Gasteiger partial charge in [0, 0.05) is 11.6 Å². The van der Waals surface area contributed by atoms with Gasteiger partial charge >= 0.3 is 0 Å². The highest BCUT2D eigenvalue weighted by atomic mass is 32.1. The second-order valence-corrected chi connectivity index (χ2v) is 6.34. The molecule has 0 fully saturated rings. The lowest BCUT2D eigenvalue weighted by Gasteiger charge is -2.10. The highest BCUT2D eigenvalue weighted by Gasteiger charge is 2.18. The van der Waals surface area contributed by atoms with Crippen molar-refractivity contribution >= 4 is 16.5 Å². The topological polar surface area (TPSA) is 73.8 Å². The van der Waals surface area contributed by atoms with Crippen LogP contribution in [0.15, 0.2) is 41.2 Å². The van der Waals surface area contributed by atoms with Crippen LogP contribution >= 0.6 is 11.3 Å². The lowest BCUT2D eigenvalue weighted by Crippen LogP contribution is -2.23. The van der Waals surface area contributed by atoms with Crippen LogP contribution in [0.5, 0.6) is 0 Å². The minimum Gasteiger partial charge on any atom is -0.375 e. The van der Waals surface area contributed by atoms with E-state index in [1.165, 1.54) is 28.2 Å². The van der Waals surface area contributed by atoms with Crippen molar-refractivity contribution in [1.29, 1.82) is 0 Å². The summed E-state index contributed by atoms with van der Waals surface area (Å²) in [6.07, 6.45) is 0. The number of halogens is 1. The molecule has 7 heteroatoms. The van der Waals surface area contributed by atoms with E-state index in [9.17, 15) is 9.18 Å². The number of thiazole rings is 1. The summed E-state index contributed by atoms with van der Waals surface area (Å²) in [7, 11) is 0. The van der Waals surface area contributed by atoms with E-state index in [1.54, 1.807) is 24.3 Å². The molecule has 3 rings (SSSR count). The molecule has 0 saturated carbocycles. The van der Waals surface area contributed by atoms with Gasteiger partial charge in [0.05, 0.1) is 16.6 Å². The lowest BCUT2D eigenvalue weighted by molar-refractivity contribution is 0.505. The fourth-order valence-corrected chi connectivity index (χ4v) is 3.07. The molecule has 2 heterocycles. The van der Waals surface area contributed by atoms with Crippen molar-refractivity contribution in [2.45, 2.75) is 19.9 Å². The van der Waals surface area contributed by atoms with Crippen molar-refractivity contribution in [2.24, 2.45) is 0 Å². The molecule has 0 aliphatic rings. The van der Waals surface area contributed by atoms with E-state index in [-0.39, 0.29) is 17.4 Å². The largest absolute Gasteiger partial charge is 0.375 e. The number of benzene rings is 1. The number of nitrogen functional groups attached to an aromatic ring is 1. The number of nitrogens with two attached hydrogens (primary N) is 1. The molecule has 0 atom stereocenters. The Labute approximate surface area is 136 Å². The van der Waals surface area contributed by atoms with Gasteiger partial charge in [0.1, 0.15) is 11.5 Å². The van der Waals surface area contributed by atoms with Gasteiger partial charge in [-0.15, -0.1) is 0 Å². The summed E-state index contributed by atoms with van der Waals surface area (Å²) in [5.74, 6) is -0.378. The van der Waals surface area contributed by atoms with Gasteiger partial charge in [-0.2, -0.15) is 5.10 Å². The first-order chi connectivity index (χ1) is 11.0. The first-order valence-electron chi connectivity index (χ1n) is 7.09. The predicted octanol–water partition coefficient (Wildman–Crippen LogP) is 3.34. The van der Waals surface area contributed by atoms with Gasteiger partial charge < -0.3 is 5.73 Å². The van der Waals surface area contributed by atoms with E-state index < -0.39 is 0 Å². The van der Waals surface area contributed by atoms with Crippen molar-refractivity contribution in [3.63, 3.8) is 0 Å². The summed E-state index contributed by atoms with van der Waals surface area (Å²) in [6, 6.07) is 9.35. The first kappa shape index (κ1) is 15.4. The number of hydrogen-bond donors (Lipinski definition) is 1. The monoisotopic (exact) mass is 330 g/mol. The van der Waals surface area contributed by atoms with Crippen LogP contribution in [0.2, 0.25) is 0 Å². The second-order valence-electron chi connectivity index (χ2n) is 5.30. The molecule has 5 nitrogen and oxygen atoms in total. The Morgan fingerprint density at radius 1 is 1.22 bits per heavy atom. The van der Waals surface area contributed by atoms with Crippen LogP contribution in [-0.4, -0.2) is 14.8 Å². The van der Waals surface area contributed by atoms with Crippen LogP contribution in [0.4, 0.5) is 9.52 Å². The average molecular weight is 330 g/mol. The standard InChI is InChI=1S/C16H15FN4OS/c1-9(2)21-13(22)8-7-12(20-21)15-14(19-16(18)23-15)10-5-3-4-6-11(10)17/h3-9H,1-2H3,(H2,18,19). The van der Waals surface area contributed by atoms with Crippen LogP contribution in [0.3, 0.4) is 0 Å². The molecular weight excluding hydrogens is 315 g/mol. The SMILES string of the molecule is CC(C)n1nc(-c2sc(N)nc2-c2ccccc2F)ccc1=O. The number of aromatic nitrogens is 3. The van der Waals surface area contributed by atoms with E-state index in [1.807, 2.05) is 13.8 Å². The third-order valence-electron chi connectivity index (χ3n) is 3.32. The van der Waals surface area contributed by atoms with Gasteiger partial charge in [-0.3, -0.25) is 4.79 Å². The molecule has 118 valence electrons. The number of nitrogens with zero attached hydrogens (tertiary/aromatic N) is 3. The molecule has 0 amide bonds. The van der Waals surface area contributed by atoms with E-state index in [2.05, 4.69) is 10.1 Å². The maximum absolute atomic E-state index is 14.1. The van der Waals surface area contributed by atoms with Crippen LogP contribution in [0.25, 0.3) is 21.8 Å². The molecule has 0 bridgehead atoms. The van der Waals surface area contributed by atoms with Crippen molar-refractivity contribution in [3.05, 3.63) is 52.6 Å². The van der Waals surface area contributed by atoms with Gasteiger partial charge in [0.2, 0.25) is 0 Å². The van der Waals surface area contributed by atoms with Crippen LogP contribution < -0.4 is 11.3 Å². The summed E-state index contributed by atoms with van der Waals surface area (Å²) in [6.45, 7) is 3.74. The zero-order valence-corrected chi connectivity index (χ0v) is 13.5. The van der Waals surface area contributed by atoms with Crippen LogP contribution in [-0.2, 0) is 0 Å². The van der Waals surface area contributed by atoms with Crippen molar-refractivity contribution in [1.82, 2.24) is 14.8 Å². The molecular formula is C16H15FN4OS. The fourth-order valence-electron chi connectivity index (χ4n) is 2.26. The molecule has 0 unspecified atom stereocenters. The second kappa shape index (κ2) is 5.92. The number of rotatable bonds is 3. The fraction of sp³-hybridized carbons (Fsp3) is 0.188. The molecule has 0 radical (unpaired) electrons. The Hall–Kier alpha value is -2.54. The zero-order chi connectivity index (χ0) is 16.6. The van der Waals surface area contributed by atoms with Crippen molar-refractivity contribution in [2.75, 3.05) is 5.73 Å². The summed E-state index contributed by atoms with van der Waals surface area (Å²) in [5, 5.41) is 4.69. The molecule has 1 aromatic carbocycles. The highest BCUT2D eigenvalue weighted by molar-refractivity contribution is 7.19. The molecule has 23 heavy (non-hydrogen) atoms. The maximum Gasteiger partial charge on any atom is 0.267 e. The van der Waals surface area contributed by atoms with Gasteiger partial charge in [0.15, 0.2) is 5.13 Å². The predicted molar refractivity (Wildman–Crippen MR) is 89.8 cm³/mol. The Morgan fingerprint density at radius 3 is 2.65 bits per heavy atom. The van der Waals surface area contributed by atoms with Crippen molar-refractivity contribution < 1.29 is 4.39 Å². The van der Waals surface area contributed by atoms with Crippen LogP contribution in [0.1, 0.15) is 19.9 Å². The lowest BCUT2D eigenvalue weighted by atomic mass is 10.1. The van der Waals surface area contributed by atoms with Gasteiger partial charge in [0.25, 0.3) is 5.56 Å². The Kier molecular flexibility index (Phi) is 3.96. The first-order valence-corrected chi connectivity index (χ1v) is 7.90. The van der Waals surface area contributed by atoms with Gasteiger partial charge in [-0.25, -0.2) is 14.1 Å². The molecule has 3 aromatic rings. The highest BCUT2D eigenvalue weighted by Crippen LogP contribution is 2.37. The molecule has 0 aliphatic heterocycles. The summed E-state index contributed by atoms with van der Waals surface area (Å²) < 4.78 is 15.5. The van der Waals surface area contributed by atoms with Crippen LogP contribution in [0, 0.1) is 5.82 Å². The van der Waals surface area contributed by atoms with Gasteiger partial charge in [-0.1, -0.05) is 23.5 Å². The maximum atomic E-state index is 14.1. The molecule has 2 aromatic heterocycles. The molecule has 0 saturated heterocycles. The minimum atomic E-state index is -0.378. The quantitative estimate of drug-likeness (QED) is 0.799. The minimum absolute atomic E-state index is 0.0790. The van der Waals surface area contributed by atoms with E-state index >= 15 is 0 Å². The Bertz CT molecular complexity index is 916. The number of hydrogen-bond acceptors (Lipinski definition) is 5. The smallest absolute Gasteiger partial charge is 0.267 e. The third kappa shape index (κ3) is 2.87. The van der Waals surface area contributed by atoms with E-state index in [0.29, 0.717) is 27.0 Å². The van der Waals surface area contributed by atoms with E-state index in [0.717, 1.165) is 0 Å². The zero-order valence-electron chi connectivity index (χ0n) is 12.7. The summed E-state index contributed by atoms with van der Waals surface area (Å²) in [5.41, 5.74) is 6.98. The van der Waals surface area contributed by atoms with Gasteiger partial charge in [-0.05, 0) is 32.0 Å². The van der Waals surface area contributed by atoms with Crippen molar-refractivity contribution in [3.8, 4) is 21.8 Å². The molecule has 0 aliphatic carbocycles. The molecule has 2 N–H and O–H groups in total. The number of anilines is 1. The Balaban J connectivity index is 2.21.